The van der Waals surface area contributed by atoms with Gasteiger partial charge in [0, 0.05) is 24.7 Å². The second-order valence-electron chi connectivity index (χ2n) is 8.40. The number of hydrogen-bond donors (Lipinski definition) is 1. The molecule has 38 heavy (non-hydrogen) atoms. The standard InChI is InChI=1S/C28H28N2O8/c1-34-20-8-10-22(11-9-20)38-21-6-4-19(5-7-21)30-16-18(14-27(30)32)28(33)37-17-26(31)29-24-15-23(35-2)12-13-25(24)36-3/h4-13,15,18H,14,16-17H2,1-3H3,(H,29,31)/t18-/m0/s1. The minimum atomic E-state index is -0.683. The van der Waals surface area contributed by atoms with Gasteiger partial charge in [-0.1, -0.05) is 0 Å². The number of carbonyl (C=O) groups excluding carboxylic acids is 3. The molecule has 0 radical (unpaired) electrons. The summed E-state index contributed by atoms with van der Waals surface area (Å²) in [7, 11) is 4.57. The summed E-state index contributed by atoms with van der Waals surface area (Å²) in [5.74, 6) is 0.884. The number of esters is 1. The minimum Gasteiger partial charge on any atom is -0.497 e. The van der Waals surface area contributed by atoms with E-state index in [1.807, 2.05) is 0 Å². The Balaban J connectivity index is 1.29. The van der Waals surface area contributed by atoms with Gasteiger partial charge in [-0.2, -0.15) is 0 Å². The van der Waals surface area contributed by atoms with Gasteiger partial charge in [-0.3, -0.25) is 14.4 Å². The number of rotatable bonds is 10. The van der Waals surface area contributed by atoms with Crippen LogP contribution in [0.3, 0.4) is 0 Å². The molecule has 1 fully saturated rings. The number of nitrogens with zero attached hydrogens (tertiary/aromatic N) is 1. The highest BCUT2D eigenvalue weighted by Gasteiger charge is 2.36. The molecule has 0 aromatic heterocycles. The van der Waals surface area contributed by atoms with Crippen molar-refractivity contribution in [2.24, 2.45) is 5.92 Å². The van der Waals surface area contributed by atoms with E-state index >= 15 is 0 Å². The van der Waals surface area contributed by atoms with E-state index in [1.165, 1.54) is 19.1 Å². The van der Waals surface area contributed by atoms with Crippen molar-refractivity contribution in [2.75, 3.05) is 44.7 Å². The van der Waals surface area contributed by atoms with E-state index in [4.69, 9.17) is 23.7 Å². The molecule has 0 unspecified atom stereocenters. The number of ether oxygens (including phenoxy) is 5. The third-order valence-electron chi connectivity index (χ3n) is 5.93. The van der Waals surface area contributed by atoms with Crippen LogP contribution in [0.1, 0.15) is 6.42 Å². The quantitative estimate of drug-likeness (QED) is 0.399. The second-order valence-corrected chi connectivity index (χ2v) is 8.40. The van der Waals surface area contributed by atoms with E-state index in [1.54, 1.807) is 73.8 Å². The predicted molar refractivity (Wildman–Crippen MR) is 139 cm³/mol. The van der Waals surface area contributed by atoms with Gasteiger partial charge in [-0.05, 0) is 60.7 Å². The number of hydrogen-bond acceptors (Lipinski definition) is 8. The molecule has 10 nitrogen and oxygen atoms in total. The van der Waals surface area contributed by atoms with Gasteiger partial charge >= 0.3 is 5.97 Å². The van der Waals surface area contributed by atoms with Crippen LogP contribution in [0.5, 0.6) is 28.7 Å². The normalized spacial score (nSPS) is 14.6. The second kappa shape index (κ2) is 12.0. The average molecular weight is 521 g/mol. The highest BCUT2D eigenvalue weighted by atomic mass is 16.5. The molecule has 1 aliphatic rings. The lowest BCUT2D eigenvalue weighted by molar-refractivity contribution is -0.151. The van der Waals surface area contributed by atoms with Crippen LogP contribution >= 0.6 is 0 Å². The summed E-state index contributed by atoms with van der Waals surface area (Å²) in [6.07, 6.45) is -0.00570. The maximum absolute atomic E-state index is 12.6. The third kappa shape index (κ3) is 6.33. The first-order chi connectivity index (χ1) is 18.4. The maximum atomic E-state index is 12.6. The van der Waals surface area contributed by atoms with Gasteiger partial charge in [-0.25, -0.2) is 0 Å². The van der Waals surface area contributed by atoms with Gasteiger partial charge in [-0.15, -0.1) is 0 Å². The molecule has 0 spiro atoms. The molecule has 1 N–H and O–H groups in total. The van der Waals surface area contributed by atoms with Crippen LogP contribution in [-0.4, -0.2) is 52.3 Å². The van der Waals surface area contributed by atoms with Crippen LogP contribution in [0.15, 0.2) is 66.7 Å². The summed E-state index contributed by atoms with van der Waals surface area (Å²) in [6, 6.07) is 19.1. The molecular weight excluding hydrogens is 492 g/mol. The fraction of sp³-hybridized carbons (Fsp3) is 0.250. The molecule has 0 bridgehead atoms. The highest BCUT2D eigenvalue weighted by Crippen LogP contribution is 2.31. The first-order valence-corrected chi connectivity index (χ1v) is 11.8. The van der Waals surface area contributed by atoms with E-state index < -0.39 is 24.4 Å². The molecule has 4 rings (SSSR count). The topological polar surface area (TPSA) is 113 Å². The van der Waals surface area contributed by atoms with Crippen molar-refractivity contribution in [1.82, 2.24) is 0 Å². The zero-order valence-corrected chi connectivity index (χ0v) is 21.3. The third-order valence-corrected chi connectivity index (χ3v) is 5.93. The van der Waals surface area contributed by atoms with Crippen LogP contribution in [0.25, 0.3) is 0 Å². The Hall–Kier alpha value is -4.73. The Morgan fingerprint density at radius 3 is 2.08 bits per heavy atom. The van der Waals surface area contributed by atoms with Crippen molar-refractivity contribution < 1.29 is 38.1 Å². The molecule has 1 saturated heterocycles. The number of nitrogens with one attached hydrogen (secondary N) is 1. The largest absolute Gasteiger partial charge is 0.497 e. The van der Waals surface area contributed by atoms with Crippen LogP contribution in [-0.2, 0) is 19.1 Å². The molecule has 3 aromatic carbocycles. The van der Waals surface area contributed by atoms with E-state index in [9.17, 15) is 14.4 Å². The van der Waals surface area contributed by atoms with Crippen molar-refractivity contribution in [3.63, 3.8) is 0 Å². The molecule has 1 atom stereocenters. The number of anilines is 2. The Morgan fingerprint density at radius 2 is 1.45 bits per heavy atom. The number of benzene rings is 3. The summed E-state index contributed by atoms with van der Waals surface area (Å²) >= 11 is 0. The zero-order chi connectivity index (χ0) is 27.1. The molecule has 1 heterocycles. The lowest BCUT2D eigenvalue weighted by Gasteiger charge is -2.17. The molecule has 3 aromatic rings. The van der Waals surface area contributed by atoms with Gasteiger partial charge < -0.3 is 33.9 Å². The van der Waals surface area contributed by atoms with Crippen LogP contribution in [0.2, 0.25) is 0 Å². The number of carbonyl (C=O) groups is 3. The Bertz CT molecular complexity index is 1290. The molecular formula is C28H28N2O8. The summed E-state index contributed by atoms with van der Waals surface area (Å²) in [5, 5.41) is 2.64. The lowest BCUT2D eigenvalue weighted by atomic mass is 10.1. The maximum Gasteiger partial charge on any atom is 0.311 e. The number of amides is 2. The van der Waals surface area contributed by atoms with Gasteiger partial charge in [0.15, 0.2) is 6.61 Å². The van der Waals surface area contributed by atoms with Gasteiger partial charge in [0.2, 0.25) is 5.91 Å². The van der Waals surface area contributed by atoms with Crippen LogP contribution in [0, 0.1) is 5.92 Å². The Morgan fingerprint density at radius 1 is 0.842 bits per heavy atom. The fourth-order valence-corrected chi connectivity index (χ4v) is 3.94. The molecule has 198 valence electrons. The van der Waals surface area contributed by atoms with Gasteiger partial charge in [0.1, 0.15) is 28.7 Å². The lowest BCUT2D eigenvalue weighted by Crippen LogP contribution is -2.28. The van der Waals surface area contributed by atoms with Crippen LogP contribution < -0.4 is 29.2 Å². The fourth-order valence-electron chi connectivity index (χ4n) is 3.94. The van der Waals surface area contributed by atoms with Crippen molar-refractivity contribution >= 4 is 29.2 Å². The first-order valence-electron chi connectivity index (χ1n) is 11.8. The van der Waals surface area contributed by atoms with Crippen molar-refractivity contribution in [2.45, 2.75) is 6.42 Å². The molecule has 0 aliphatic carbocycles. The minimum absolute atomic E-state index is 0.00570. The van der Waals surface area contributed by atoms with Crippen molar-refractivity contribution in [3.05, 3.63) is 66.7 Å². The summed E-state index contributed by atoms with van der Waals surface area (Å²) in [6.45, 7) is -0.344. The van der Waals surface area contributed by atoms with E-state index in [2.05, 4.69) is 5.32 Å². The van der Waals surface area contributed by atoms with E-state index in [-0.39, 0.29) is 18.9 Å². The summed E-state index contributed by atoms with van der Waals surface area (Å²) < 4.78 is 26.5. The van der Waals surface area contributed by atoms with Crippen molar-refractivity contribution in [1.29, 1.82) is 0 Å². The van der Waals surface area contributed by atoms with E-state index in [0.29, 0.717) is 34.4 Å². The zero-order valence-electron chi connectivity index (χ0n) is 21.3. The smallest absolute Gasteiger partial charge is 0.311 e. The molecule has 1 aliphatic heterocycles. The average Bonchev–Trinajstić information content (AvgIpc) is 3.34. The summed E-state index contributed by atoms with van der Waals surface area (Å²) in [5.41, 5.74) is 1.02. The van der Waals surface area contributed by atoms with Gasteiger partial charge in [0.25, 0.3) is 5.91 Å². The highest BCUT2D eigenvalue weighted by molar-refractivity contribution is 6.00. The monoisotopic (exact) mass is 520 g/mol. The first kappa shape index (κ1) is 26.3. The predicted octanol–water partition coefficient (Wildman–Crippen LogP) is 4.04. The van der Waals surface area contributed by atoms with Gasteiger partial charge in [0.05, 0.1) is 32.9 Å². The Kier molecular flexibility index (Phi) is 8.32. The van der Waals surface area contributed by atoms with Crippen LogP contribution in [0.4, 0.5) is 11.4 Å². The number of methoxy groups -OCH3 is 3. The molecule has 0 saturated carbocycles. The van der Waals surface area contributed by atoms with Crippen molar-refractivity contribution in [3.8, 4) is 28.7 Å². The Labute approximate surface area is 220 Å². The van der Waals surface area contributed by atoms with E-state index in [0.717, 1.165) is 5.75 Å². The molecule has 10 heteroatoms. The SMILES string of the molecule is COc1ccc(Oc2ccc(N3C[C@@H](C(=O)OCC(=O)Nc4cc(OC)ccc4OC)CC3=O)cc2)cc1. The molecule has 2 amide bonds. The summed E-state index contributed by atoms with van der Waals surface area (Å²) in [4.78, 5) is 39.1.